The molecule has 0 aliphatic heterocycles. The molecule has 0 spiro atoms. The van der Waals surface area contributed by atoms with Gasteiger partial charge in [0.25, 0.3) is 0 Å². The van der Waals surface area contributed by atoms with Crippen LogP contribution in [0.15, 0.2) is 97.1 Å². The number of phenolic OH excluding ortho intramolecular Hbond substituents is 2. The van der Waals surface area contributed by atoms with Gasteiger partial charge in [-0.05, 0) is 169 Å². The van der Waals surface area contributed by atoms with Gasteiger partial charge in [-0.25, -0.2) is 0 Å². The van der Waals surface area contributed by atoms with Gasteiger partial charge in [-0.15, -0.1) is 0 Å². The van der Waals surface area contributed by atoms with Crippen molar-refractivity contribution in [1.82, 2.24) is 4.98 Å². The van der Waals surface area contributed by atoms with Crippen LogP contribution in [0.1, 0.15) is 146 Å². The molecule has 8 aliphatic rings. The van der Waals surface area contributed by atoms with Crippen molar-refractivity contribution < 1.29 is 10.2 Å². The van der Waals surface area contributed by atoms with Gasteiger partial charge in [0.05, 0.1) is 5.69 Å². The first-order chi connectivity index (χ1) is 28.7. The SMILES string of the molecule is CC(C)(C)c1cc(-c2ccccc2-c2cccc(C3C4CC5CC(C4)CC3(c3cc(C(C)(C)C)cc(-c4ccccc4)c3O)C5)n2)c(O)c(C23CC4CC(CC(C4)C2)C3)c1. The van der Waals surface area contributed by atoms with Crippen molar-refractivity contribution >= 4 is 0 Å². The Morgan fingerprint density at radius 2 is 1.02 bits per heavy atom. The monoisotopic (exact) mass is 796 g/mol. The zero-order chi connectivity index (χ0) is 41.3. The van der Waals surface area contributed by atoms with E-state index in [1.165, 1.54) is 74.5 Å². The lowest BCUT2D eigenvalue weighted by Crippen LogP contribution is -2.54. The summed E-state index contributed by atoms with van der Waals surface area (Å²) in [5.41, 5.74) is 12.0. The van der Waals surface area contributed by atoms with Gasteiger partial charge in [0.2, 0.25) is 0 Å². The maximum Gasteiger partial charge on any atom is 0.127 e. The van der Waals surface area contributed by atoms with Gasteiger partial charge >= 0.3 is 0 Å². The lowest BCUT2D eigenvalue weighted by molar-refractivity contribution is -0.0302. The molecule has 0 amide bonds. The maximum absolute atomic E-state index is 12.7. The summed E-state index contributed by atoms with van der Waals surface area (Å²) in [5.74, 6) is 5.46. The first-order valence-corrected chi connectivity index (χ1v) is 23.6. The molecule has 1 aromatic heterocycles. The molecule has 0 radical (unpaired) electrons. The highest BCUT2D eigenvalue weighted by molar-refractivity contribution is 5.86. The summed E-state index contributed by atoms with van der Waals surface area (Å²) < 4.78 is 0. The zero-order valence-corrected chi connectivity index (χ0v) is 36.9. The van der Waals surface area contributed by atoms with E-state index in [9.17, 15) is 10.2 Å². The summed E-state index contributed by atoms with van der Waals surface area (Å²) >= 11 is 0. The quantitative estimate of drug-likeness (QED) is 0.180. The molecule has 60 heavy (non-hydrogen) atoms. The van der Waals surface area contributed by atoms with E-state index in [4.69, 9.17) is 4.98 Å². The minimum atomic E-state index is -0.194. The molecule has 13 rings (SSSR count). The van der Waals surface area contributed by atoms with Crippen LogP contribution in [-0.4, -0.2) is 15.2 Å². The molecule has 3 heteroatoms. The minimum absolute atomic E-state index is 0.0589. The van der Waals surface area contributed by atoms with Gasteiger partial charge in [0.1, 0.15) is 11.5 Å². The van der Waals surface area contributed by atoms with Crippen molar-refractivity contribution in [2.24, 2.45) is 35.5 Å². The average molecular weight is 796 g/mol. The highest BCUT2D eigenvalue weighted by Crippen LogP contribution is 2.68. The third-order valence-electron chi connectivity index (χ3n) is 17.1. The molecule has 0 saturated heterocycles. The van der Waals surface area contributed by atoms with Gasteiger partial charge < -0.3 is 10.2 Å². The fourth-order valence-electron chi connectivity index (χ4n) is 15.1. The number of pyridine rings is 1. The van der Waals surface area contributed by atoms with Crippen molar-refractivity contribution in [3.63, 3.8) is 0 Å². The molecule has 3 nitrogen and oxygen atoms in total. The Hall–Kier alpha value is -4.37. The van der Waals surface area contributed by atoms with Crippen LogP contribution in [0.25, 0.3) is 33.5 Å². The van der Waals surface area contributed by atoms with Crippen LogP contribution in [0.3, 0.4) is 0 Å². The van der Waals surface area contributed by atoms with Crippen molar-refractivity contribution in [1.29, 1.82) is 0 Å². The summed E-state index contributed by atoms with van der Waals surface area (Å²) in [7, 11) is 0. The van der Waals surface area contributed by atoms with Crippen LogP contribution in [0.2, 0.25) is 0 Å². The van der Waals surface area contributed by atoms with Crippen molar-refractivity contribution in [2.75, 3.05) is 0 Å². The predicted octanol–water partition coefficient (Wildman–Crippen LogP) is 14.4. The van der Waals surface area contributed by atoms with Crippen LogP contribution in [0, 0.1) is 35.5 Å². The van der Waals surface area contributed by atoms with Gasteiger partial charge in [-0.2, -0.15) is 0 Å². The van der Waals surface area contributed by atoms with Crippen LogP contribution in [0.4, 0.5) is 0 Å². The highest BCUT2D eigenvalue weighted by Gasteiger charge is 2.60. The third kappa shape index (κ3) is 6.13. The second-order valence-electron chi connectivity index (χ2n) is 23.1. The molecule has 2 N–H and O–H groups in total. The highest BCUT2D eigenvalue weighted by atomic mass is 16.3. The number of hydrogen-bond acceptors (Lipinski definition) is 3. The number of benzene rings is 4. The number of nitrogens with zero attached hydrogens (tertiary/aromatic N) is 1. The zero-order valence-electron chi connectivity index (χ0n) is 36.9. The molecule has 8 bridgehead atoms. The Kier molecular flexibility index (Phi) is 8.71. The number of hydrogen-bond donors (Lipinski definition) is 2. The summed E-state index contributed by atoms with van der Waals surface area (Å²) in [6.07, 6.45) is 13.8. The van der Waals surface area contributed by atoms with Crippen LogP contribution in [0.5, 0.6) is 11.5 Å². The summed E-state index contributed by atoms with van der Waals surface area (Å²) in [4.78, 5) is 5.74. The van der Waals surface area contributed by atoms with Gasteiger partial charge in [-0.1, -0.05) is 114 Å². The summed E-state index contributed by atoms with van der Waals surface area (Å²) in [6, 6.07) is 35.3. The molecule has 3 unspecified atom stereocenters. The molecule has 310 valence electrons. The van der Waals surface area contributed by atoms with Crippen molar-refractivity contribution in [2.45, 2.75) is 140 Å². The average Bonchev–Trinajstić information content (AvgIpc) is 3.19. The van der Waals surface area contributed by atoms with Gasteiger partial charge in [0.15, 0.2) is 0 Å². The number of phenols is 2. The smallest absolute Gasteiger partial charge is 0.127 e. The van der Waals surface area contributed by atoms with E-state index in [0.717, 1.165) is 75.4 Å². The first kappa shape index (κ1) is 38.5. The fraction of sp³-hybridized carbons (Fsp3) is 0.491. The topological polar surface area (TPSA) is 53.4 Å². The van der Waals surface area contributed by atoms with E-state index in [1.54, 1.807) is 0 Å². The molecule has 8 aliphatic carbocycles. The lowest BCUT2D eigenvalue weighted by atomic mass is 9.42. The van der Waals surface area contributed by atoms with E-state index in [1.807, 2.05) is 0 Å². The summed E-state index contributed by atoms with van der Waals surface area (Å²) in [5, 5.41) is 25.3. The summed E-state index contributed by atoms with van der Waals surface area (Å²) in [6.45, 7) is 13.9. The van der Waals surface area contributed by atoms with Gasteiger partial charge in [-0.3, -0.25) is 4.98 Å². The van der Waals surface area contributed by atoms with Crippen LogP contribution < -0.4 is 0 Å². The Bertz CT molecular complexity index is 2430. The predicted molar refractivity (Wildman–Crippen MR) is 246 cm³/mol. The molecule has 1 heterocycles. The first-order valence-electron chi connectivity index (χ1n) is 23.6. The molecular formula is C57H65NO2. The number of aromatic hydroxyl groups is 2. The Morgan fingerprint density at radius 3 is 1.62 bits per heavy atom. The second kappa shape index (κ2) is 13.6. The Morgan fingerprint density at radius 1 is 0.500 bits per heavy atom. The molecule has 3 atom stereocenters. The third-order valence-corrected chi connectivity index (χ3v) is 17.1. The van der Waals surface area contributed by atoms with Crippen molar-refractivity contribution in [3.8, 4) is 45.0 Å². The Labute approximate surface area is 359 Å². The molecular weight excluding hydrogens is 731 g/mol. The van der Waals surface area contributed by atoms with E-state index in [2.05, 4.69) is 139 Å². The van der Waals surface area contributed by atoms with E-state index in [-0.39, 0.29) is 27.6 Å². The molecule has 8 saturated carbocycles. The standard InChI is InChI=1S/C57H65NO2/c1-54(2,3)41-25-45(39-13-8-7-9-14-39)52(59)48(28-41)57-32-37-22-38(33-57)24-40(23-37)51(57)50-18-12-17-49(58-50)44-16-11-10-15-43(44)46-26-42(55(4,5)6)27-47(53(46)60)56-29-34-19-35(30-56)21-36(20-34)31-56/h7-18,25-28,34-38,40,51,59-60H,19-24,29-33H2,1-6H3. The largest absolute Gasteiger partial charge is 0.507 e. The lowest BCUT2D eigenvalue weighted by Gasteiger charge is -2.61. The van der Waals surface area contributed by atoms with Crippen LogP contribution >= 0.6 is 0 Å². The Balaban J connectivity index is 1.05. The number of aromatic nitrogens is 1. The van der Waals surface area contributed by atoms with Gasteiger partial charge in [0, 0.05) is 44.8 Å². The molecule has 5 aromatic rings. The van der Waals surface area contributed by atoms with Crippen molar-refractivity contribution in [3.05, 3.63) is 125 Å². The molecule has 4 aromatic carbocycles. The van der Waals surface area contributed by atoms with E-state index in [0.29, 0.717) is 29.3 Å². The number of rotatable bonds is 6. The van der Waals surface area contributed by atoms with E-state index < -0.39 is 0 Å². The normalized spacial score (nSPS) is 31.5. The fourth-order valence-corrected chi connectivity index (χ4v) is 15.1. The second-order valence-corrected chi connectivity index (χ2v) is 23.1. The van der Waals surface area contributed by atoms with Crippen LogP contribution in [-0.2, 0) is 21.7 Å². The van der Waals surface area contributed by atoms with E-state index >= 15 is 0 Å². The molecule has 8 fully saturated rings. The minimum Gasteiger partial charge on any atom is -0.507 e. The maximum atomic E-state index is 12.7.